The summed E-state index contributed by atoms with van der Waals surface area (Å²) in [6.07, 6.45) is 5.18. The van der Waals surface area contributed by atoms with Crippen molar-refractivity contribution in [3.63, 3.8) is 0 Å². The first-order valence-electron chi connectivity index (χ1n) is 11.7. The van der Waals surface area contributed by atoms with Crippen molar-refractivity contribution in [2.45, 2.75) is 25.7 Å². The molecule has 0 spiro atoms. The number of nitrogens with zero attached hydrogens (tertiary/aromatic N) is 5. The lowest BCUT2D eigenvalue weighted by molar-refractivity contribution is -0.122. The molecule has 0 radical (unpaired) electrons. The minimum atomic E-state index is -0.315. The third kappa shape index (κ3) is 3.59. The fourth-order valence-corrected chi connectivity index (χ4v) is 5.17. The van der Waals surface area contributed by atoms with Gasteiger partial charge >= 0.3 is 0 Å². The highest BCUT2D eigenvalue weighted by Crippen LogP contribution is 2.36. The van der Waals surface area contributed by atoms with E-state index in [9.17, 15) is 9.18 Å². The maximum Gasteiger partial charge on any atom is 0.263 e. The summed E-state index contributed by atoms with van der Waals surface area (Å²) in [5.41, 5.74) is 3.95. The number of hydrogen-bond acceptors (Lipinski definition) is 6. The van der Waals surface area contributed by atoms with E-state index in [1.807, 2.05) is 23.1 Å². The summed E-state index contributed by atoms with van der Waals surface area (Å²) in [7, 11) is 0. The molecule has 1 saturated heterocycles. The second-order valence-electron chi connectivity index (χ2n) is 8.92. The van der Waals surface area contributed by atoms with Crippen LogP contribution >= 0.6 is 0 Å². The number of anilines is 2. The van der Waals surface area contributed by atoms with Crippen LogP contribution in [0.2, 0.25) is 0 Å². The van der Waals surface area contributed by atoms with Crippen LogP contribution in [0.1, 0.15) is 24.8 Å². The minimum Gasteiger partial charge on any atom is -0.355 e. The number of halogens is 1. The molecule has 0 aliphatic carbocycles. The van der Waals surface area contributed by atoms with Crippen molar-refractivity contribution in [3.8, 4) is 11.3 Å². The summed E-state index contributed by atoms with van der Waals surface area (Å²) in [4.78, 5) is 26.5. The summed E-state index contributed by atoms with van der Waals surface area (Å²) >= 11 is 0. The molecule has 1 fully saturated rings. The van der Waals surface area contributed by atoms with Crippen LogP contribution in [-0.2, 0) is 11.2 Å². The van der Waals surface area contributed by atoms with Crippen molar-refractivity contribution in [2.75, 3.05) is 29.4 Å². The molecule has 1 amide bonds. The number of amides is 1. The molecule has 6 rings (SSSR count). The molecule has 4 aromatic rings. The highest BCUT2D eigenvalue weighted by molar-refractivity contribution is 5.99. The molecule has 4 heterocycles. The maximum atomic E-state index is 13.6. The lowest BCUT2D eigenvalue weighted by atomic mass is 9.94. The summed E-state index contributed by atoms with van der Waals surface area (Å²) in [5, 5.41) is 4.89. The van der Waals surface area contributed by atoms with Crippen molar-refractivity contribution in [1.29, 1.82) is 0 Å². The lowest BCUT2D eigenvalue weighted by Crippen LogP contribution is -2.46. The van der Waals surface area contributed by atoms with Crippen LogP contribution < -0.4 is 9.80 Å². The minimum absolute atomic E-state index is 0.126. The van der Waals surface area contributed by atoms with E-state index in [0.717, 1.165) is 50.0 Å². The van der Waals surface area contributed by atoms with E-state index in [1.54, 1.807) is 12.1 Å². The lowest BCUT2D eigenvalue weighted by Gasteiger charge is -2.37. The number of carbonyl (C=O) groups is 1. The third-order valence-corrected chi connectivity index (χ3v) is 6.82. The summed E-state index contributed by atoms with van der Waals surface area (Å²) in [6, 6.07) is 14.3. The molecule has 2 aromatic heterocycles. The van der Waals surface area contributed by atoms with Crippen molar-refractivity contribution in [2.24, 2.45) is 5.92 Å². The Balaban J connectivity index is 1.32. The van der Waals surface area contributed by atoms with E-state index >= 15 is 0 Å². The molecule has 0 saturated carbocycles. The SMILES string of the molecule is O=C(C1CCCN(c2ncnc3onc(-c4ccc(F)cc4)c23)C1)N1CCCc2ccccc21. The number of hydrogen-bond donors (Lipinski definition) is 0. The molecule has 8 heteroatoms. The molecule has 34 heavy (non-hydrogen) atoms. The Morgan fingerprint density at radius 3 is 2.76 bits per heavy atom. The molecule has 1 unspecified atom stereocenters. The fraction of sp³-hybridized carbons (Fsp3) is 0.308. The van der Waals surface area contributed by atoms with Gasteiger partial charge in [-0.2, -0.15) is 4.98 Å². The predicted molar refractivity (Wildman–Crippen MR) is 127 cm³/mol. The Morgan fingerprint density at radius 1 is 1.03 bits per heavy atom. The quantitative estimate of drug-likeness (QED) is 0.447. The van der Waals surface area contributed by atoms with Gasteiger partial charge in [0.1, 0.15) is 29.0 Å². The van der Waals surface area contributed by atoms with Gasteiger partial charge in [-0.15, -0.1) is 0 Å². The van der Waals surface area contributed by atoms with Gasteiger partial charge in [0.15, 0.2) is 0 Å². The van der Waals surface area contributed by atoms with Gasteiger partial charge in [-0.25, -0.2) is 9.37 Å². The second kappa shape index (κ2) is 8.52. The van der Waals surface area contributed by atoms with Crippen molar-refractivity contribution < 1.29 is 13.7 Å². The van der Waals surface area contributed by atoms with Crippen LogP contribution in [0.25, 0.3) is 22.4 Å². The van der Waals surface area contributed by atoms with Crippen LogP contribution in [0, 0.1) is 11.7 Å². The Morgan fingerprint density at radius 2 is 1.88 bits per heavy atom. The molecule has 1 atom stereocenters. The first kappa shape index (κ1) is 20.8. The van der Waals surface area contributed by atoms with Crippen molar-refractivity contribution >= 4 is 28.5 Å². The number of piperidine rings is 1. The van der Waals surface area contributed by atoms with Gasteiger partial charge in [0.2, 0.25) is 5.91 Å². The summed E-state index contributed by atoms with van der Waals surface area (Å²) < 4.78 is 18.9. The Hall–Kier alpha value is -3.81. The third-order valence-electron chi connectivity index (χ3n) is 6.82. The number of rotatable bonds is 3. The fourth-order valence-electron chi connectivity index (χ4n) is 5.17. The van der Waals surface area contributed by atoms with E-state index in [0.29, 0.717) is 29.2 Å². The molecule has 0 bridgehead atoms. The smallest absolute Gasteiger partial charge is 0.263 e. The zero-order chi connectivity index (χ0) is 23.1. The van der Waals surface area contributed by atoms with Gasteiger partial charge in [-0.1, -0.05) is 23.4 Å². The van der Waals surface area contributed by atoms with E-state index < -0.39 is 0 Å². The number of para-hydroxylation sites is 1. The van der Waals surface area contributed by atoms with Gasteiger partial charge in [-0.05, 0) is 61.6 Å². The van der Waals surface area contributed by atoms with Crippen molar-refractivity contribution in [3.05, 3.63) is 66.2 Å². The average Bonchev–Trinajstić information content (AvgIpc) is 3.33. The highest BCUT2D eigenvalue weighted by Gasteiger charge is 2.33. The zero-order valence-electron chi connectivity index (χ0n) is 18.7. The van der Waals surface area contributed by atoms with Gasteiger partial charge in [0, 0.05) is 30.9 Å². The number of benzene rings is 2. The van der Waals surface area contributed by atoms with Gasteiger partial charge in [0.25, 0.3) is 5.71 Å². The molecule has 2 aliphatic heterocycles. The van der Waals surface area contributed by atoms with Gasteiger partial charge in [0.05, 0.1) is 5.92 Å². The summed E-state index contributed by atoms with van der Waals surface area (Å²) in [6.45, 7) is 2.10. The standard InChI is InChI=1S/C26H24FN5O2/c27-20-11-9-18(10-12-20)23-22-24(28-16-29-25(22)34-30-23)31-13-3-7-19(15-31)26(33)32-14-4-6-17-5-1-2-8-21(17)32/h1-2,5,8-12,16,19H,3-4,6-7,13-15H2. The van der Waals surface area contributed by atoms with Crippen LogP contribution in [0.3, 0.4) is 0 Å². The number of aromatic nitrogens is 3. The maximum absolute atomic E-state index is 13.6. The average molecular weight is 458 g/mol. The van der Waals surface area contributed by atoms with Crippen molar-refractivity contribution in [1.82, 2.24) is 15.1 Å². The van der Waals surface area contributed by atoms with Crippen LogP contribution in [0.5, 0.6) is 0 Å². The summed E-state index contributed by atoms with van der Waals surface area (Å²) in [5.74, 6) is 0.428. The van der Waals surface area contributed by atoms with Crippen LogP contribution in [0.15, 0.2) is 59.4 Å². The molecule has 2 aromatic carbocycles. The predicted octanol–water partition coefficient (Wildman–Crippen LogP) is 4.62. The Labute approximate surface area is 196 Å². The van der Waals surface area contributed by atoms with Crippen LogP contribution in [-0.4, -0.2) is 40.7 Å². The molecule has 0 N–H and O–H groups in total. The molecular weight excluding hydrogens is 433 g/mol. The topological polar surface area (TPSA) is 75.4 Å². The van der Waals surface area contributed by atoms with E-state index in [4.69, 9.17) is 4.52 Å². The van der Waals surface area contributed by atoms with Gasteiger partial charge in [-0.3, -0.25) is 4.79 Å². The zero-order valence-corrected chi connectivity index (χ0v) is 18.7. The first-order chi connectivity index (χ1) is 16.7. The van der Waals surface area contributed by atoms with E-state index in [2.05, 4.69) is 26.1 Å². The molecular formula is C26H24FN5O2. The van der Waals surface area contributed by atoms with Gasteiger partial charge < -0.3 is 14.3 Å². The highest BCUT2D eigenvalue weighted by atomic mass is 19.1. The Kier molecular flexibility index (Phi) is 5.20. The van der Waals surface area contributed by atoms with E-state index in [1.165, 1.54) is 24.0 Å². The second-order valence-corrected chi connectivity index (χ2v) is 8.92. The molecule has 7 nitrogen and oxygen atoms in total. The normalized spacial score (nSPS) is 18.2. The van der Waals surface area contributed by atoms with E-state index in [-0.39, 0.29) is 17.6 Å². The molecule has 172 valence electrons. The largest absolute Gasteiger partial charge is 0.355 e. The molecule has 2 aliphatic rings. The Bertz CT molecular complexity index is 1350. The number of aryl methyl sites for hydroxylation is 1. The monoisotopic (exact) mass is 457 g/mol. The number of carbonyl (C=O) groups excluding carboxylic acids is 1. The van der Waals surface area contributed by atoms with Crippen LogP contribution in [0.4, 0.5) is 15.9 Å². The number of fused-ring (bicyclic) bond motifs is 2. The first-order valence-corrected chi connectivity index (χ1v) is 11.7.